The van der Waals surface area contributed by atoms with E-state index in [0.29, 0.717) is 37.5 Å². The fourth-order valence-corrected chi connectivity index (χ4v) is 4.85. The van der Waals surface area contributed by atoms with Gasteiger partial charge in [-0.3, -0.25) is 0 Å². The molecule has 2 saturated carbocycles. The van der Waals surface area contributed by atoms with E-state index in [9.17, 15) is 13.2 Å². The van der Waals surface area contributed by atoms with Gasteiger partial charge in [0.1, 0.15) is 6.17 Å². The van der Waals surface area contributed by atoms with Crippen LogP contribution in [-0.4, -0.2) is 12.1 Å². The molecule has 0 heterocycles. The van der Waals surface area contributed by atoms with Gasteiger partial charge in [-0.2, -0.15) is 0 Å². The molecule has 0 aromatic heterocycles. The fourth-order valence-electron chi connectivity index (χ4n) is 4.85. The molecule has 2 fully saturated rings. The van der Waals surface area contributed by atoms with E-state index in [1.54, 1.807) is 0 Å². The topological polar surface area (TPSA) is 0 Å². The van der Waals surface area contributed by atoms with Gasteiger partial charge in [0.15, 0.2) is 0 Å². The van der Waals surface area contributed by atoms with Crippen molar-refractivity contribution in [3.8, 4) is 0 Å². The van der Waals surface area contributed by atoms with E-state index in [0.717, 1.165) is 18.8 Å². The molecule has 4 atom stereocenters. The molecule has 0 N–H and O–H groups in total. The van der Waals surface area contributed by atoms with Gasteiger partial charge in [0.2, 0.25) is 0 Å². The summed E-state index contributed by atoms with van der Waals surface area (Å²) in [6.07, 6.45) is 5.72. The first-order valence-electron chi connectivity index (χ1n) is 10.2. The van der Waals surface area contributed by atoms with Crippen LogP contribution >= 0.6 is 0 Å². The van der Waals surface area contributed by atoms with Crippen LogP contribution in [-0.2, 0) is 0 Å². The zero-order chi connectivity index (χ0) is 17.9. The van der Waals surface area contributed by atoms with Crippen molar-refractivity contribution in [2.45, 2.75) is 97.6 Å². The van der Waals surface area contributed by atoms with Crippen LogP contribution in [0.25, 0.3) is 0 Å². The second-order valence-electron chi connectivity index (χ2n) is 9.24. The minimum atomic E-state index is -2.67. The smallest absolute Gasteiger partial charge is 0.247 e. The molecule has 0 bridgehead atoms. The second-order valence-corrected chi connectivity index (χ2v) is 9.24. The zero-order valence-electron chi connectivity index (χ0n) is 16.0. The van der Waals surface area contributed by atoms with Gasteiger partial charge in [0.05, 0.1) is 0 Å². The van der Waals surface area contributed by atoms with E-state index in [1.165, 1.54) is 12.8 Å². The lowest BCUT2D eigenvalue weighted by molar-refractivity contribution is -0.141. The highest BCUT2D eigenvalue weighted by Gasteiger charge is 2.50. The second kappa shape index (κ2) is 8.45. The Balaban J connectivity index is 1.84. The van der Waals surface area contributed by atoms with E-state index in [2.05, 4.69) is 20.8 Å². The van der Waals surface area contributed by atoms with Crippen molar-refractivity contribution in [1.29, 1.82) is 0 Å². The monoisotopic (exact) mass is 346 g/mol. The number of halogens is 3. The maximum Gasteiger partial charge on any atom is 0.253 e. The summed E-state index contributed by atoms with van der Waals surface area (Å²) in [7, 11) is 0. The largest absolute Gasteiger partial charge is 0.253 e. The van der Waals surface area contributed by atoms with E-state index < -0.39 is 23.9 Å². The van der Waals surface area contributed by atoms with Crippen LogP contribution in [0.1, 0.15) is 85.5 Å². The van der Waals surface area contributed by atoms with Crippen molar-refractivity contribution in [1.82, 2.24) is 0 Å². The predicted octanol–water partition coefficient (Wildman–Crippen LogP) is 7.27. The molecular weight excluding hydrogens is 309 g/mol. The van der Waals surface area contributed by atoms with E-state index >= 15 is 0 Å². The van der Waals surface area contributed by atoms with Crippen LogP contribution in [0, 0.1) is 35.5 Å². The third-order valence-electron chi connectivity index (χ3n) is 6.96. The fraction of sp³-hybridized carbons (Fsp3) is 1.00. The molecule has 0 radical (unpaired) electrons. The van der Waals surface area contributed by atoms with Crippen LogP contribution in [0.5, 0.6) is 0 Å². The van der Waals surface area contributed by atoms with Crippen LogP contribution in [0.4, 0.5) is 13.2 Å². The lowest BCUT2D eigenvalue weighted by Gasteiger charge is -2.42. The Hall–Kier alpha value is -0.210. The van der Waals surface area contributed by atoms with Crippen molar-refractivity contribution in [3.05, 3.63) is 0 Å². The number of alkyl halides is 3. The summed E-state index contributed by atoms with van der Waals surface area (Å²) >= 11 is 0. The molecule has 2 aliphatic rings. The Morgan fingerprint density at radius 1 is 0.875 bits per heavy atom. The molecule has 2 aliphatic carbocycles. The summed E-state index contributed by atoms with van der Waals surface area (Å²) in [5.74, 6) is -1.99. The van der Waals surface area contributed by atoms with Crippen molar-refractivity contribution in [3.63, 3.8) is 0 Å². The van der Waals surface area contributed by atoms with Crippen molar-refractivity contribution in [2.24, 2.45) is 35.5 Å². The van der Waals surface area contributed by atoms with Crippen molar-refractivity contribution >= 4 is 0 Å². The van der Waals surface area contributed by atoms with Crippen LogP contribution in [0.3, 0.4) is 0 Å². The molecule has 0 nitrogen and oxygen atoms in total. The van der Waals surface area contributed by atoms with Crippen LogP contribution in [0.2, 0.25) is 0 Å². The summed E-state index contributed by atoms with van der Waals surface area (Å²) in [6.45, 7) is 8.63. The molecular formula is C21H37F3. The van der Waals surface area contributed by atoms with Crippen LogP contribution in [0.15, 0.2) is 0 Å². The molecule has 0 amide bonds. The molecule has 4 unspecified atom stereocenters. The normalized spacial score (nSPS) is 36.8. The predicted molar refractivity (Wildman–Crippen MR) is 95.0 cm³/mol. The maximum absolute atomic E-state index is 14.9. The molecule has 3 heteroatoms. The molecule has 0 aromatic rings. The molecule has 0 saturated heterocycles. The third-order valence-corrected chi connectivity index (χ3v) is 6.96. The molecule has 0 spiro atoms. The highest BCUT2D eigenvalue weighted by Crippen LogP contribution is 2.49. The standard InChI is InChI=1S/C21H37F3/c1-14(2)5-6-15(3)17-8-11-18(12-9-17)21(23,24)19-10-7-16(4)20(22)13-19/h14-20H,5-13H2,1-4H3. The van der Waals surface area contributed by atoms with E-state index in [-0.39, 0.29) is 12.3 Å². The van der Waals surface area contributed by atoms with E-state index in [1.807, 2.05) is 6.92 Å². The lowest BCUT2D eigenvalue weighted by Crippen LogP contribution is -2.43. The van der Waals surface area contributed by atoms with Gasteiger partial charge in [0.25, 0.3) is 5.92 Å². The first-order chi connectivity index (χ1) is 11.2. The first-order valence-corrected chi connectivity index (χ1v) is 10.2. The van der Waals surface area contributed by atoms with Gasteiger partial charge >= 0.3 is 0 Å². The molecule has 0 aliphatic heterocycles. The minimum Gasteiger partial charge on any atom is -0.247 e. The number of hydrogen-bond acceptors (Lipinski definition) is 0. The van der Waals surface area contributed by atoms with Gasteiger partial charge in [-0.25, -0.2) is 13.2 Å². The SMILES string of the molecule is CC(C)CCC(C)C1CCC(C(F)(F)C2CCC(C)C(F)C2)CC1. The number of hydrogen-bond donors (Lipinski definition) is 0. The van der Waals surface area contributed by atoms with Gasteiger partial charge in [0, 0.05) is 11.8 Å². The Bertz CT molecular complexity index is 371. The van der Waals surface area contributed by atoms with Gasteiger partial charge in [-0.1, -0.05) is 40.5 Å². The zero-order valence-corrected chi connectivity index (χ0v) is 16.0. The Kier molecular flexibility index (Phi) is 7.08. The summed E-state index contributed by atoms with van der Waals surface area (Å²) in [4.78, 5) is 0. The highest BCUT2D eigenvalue weighted by atomic mass is 19.3. The summed E-state index contributed by atoms with van der Waals surface area (Å²) in [6, 6.07) is 0. The maximum atomic E-state index is 14.9. The van der Waals surface area contributed by atoms with Crippen molar-refractivity contribution < 1.29 is 13.2 Å². The average Bonchev–Trinajstić information content (AvgIpc) is 2.55. The Morgan fingerprint density at radius 3 is 2.00 bits per heavy atom. The van der Waals surface area contributed by atoms with Gasteiger partial charge in [-0.05, 0) is 68.6 Å². The summed E-state index contributed by atoms with van der Waals surface area (Å²) < 4.78 is 43.7. The quantitative estimate of drug-likeness (QED) is 0.474. The first kappa shape index (κ1) is 20.1. The molecule has 2 rings (SSSR count). The summed E-state index contributed by atoms with van der Waals surface area (Å²) in [5.41, 5.74) is 0. The molecule has 142 valence electrons. The molecule has 24 heavy (non-hydrogen) atoms. The Labute approximate surface area is 147 Å². The lowest BCUT2D eigenvalue weighted by atomic mass is 9.68. The average molecular weight is 347 g/mol. The van der Waals surface area contributed by atoms with Gasteiger partial charge in [-0.15, -0.1) is 0 Å². The van der Waals surface area contributed by atoms with Gasteiger partial charge < -0.3 is 0 Å². The Morgan fingerprint density at radius 2 is 1.46 bits per heavy atom. The van der Waals surface area contributed by atoms with Crippen LogP contribution < -0.4 is 0 Å². The van der Waals surface area contributed by atoms with E-state index in [4.69, 9.17) is 0 Å². The summed E-state index contributed by atoms with van der Waals surface area (Å²) in [5, 5.41) is 0. The number of rotatable bonds is 6. The molecule has 0 aromatic carbocycles. The highest BCUT2D eigenvalue weighted by molar-refractivity contribution is 4.92. The third kappa shape index (κ3) is 4.91. The van der Waals surface area contributed by atoms with Crippen molar-refractivity contribution in [2.75, 3.05) is 0 Å². The minimum absolute atomic E-state index is 0.0467.